The molecule has 1 aromatic rings. The first-order valence-corrected chi connectivity index (χ1v) is 5.08. The second-order valence-electron chi connectivity index (χ2n) is 3.64. The maximum Gasteiger partial charge on any atom is 0.573 e. The molecular formula is C12H14F3NO. The fourth-order valence-corrected chi connectivity index (χ4v) is 1.42. The van der Waals surface area contributed by atoms with E-state index in [1.807, 2.05) is 6.92 Å². The third kappa shape index (κ3) is 5.40. The van der Waals surface area contributed by atoms with E-state index in [0.717, 1.165) is 5.57 Å². The van der Waals surface area contributed by atoms with Gasteiger partial charge in [0.25, 0.3) is 0 Å². The number of halogens is 3. The Kier molecular flexibility index (Phi) is 4.57. The zero-order valence-corrected chi connectivity index (χ0v) is 9.64. The summed E-state index contributed by atoms with van der Waals surface area (Å²) < 4.78 is 39.9. The standard InChI is InChI=1S/C12H14F3NO/c1-9(8-16-2)6-10-4-3-5-11(7-10)17-12(13,14)15/h3-7,16H,8H2,1-2H3/b9-6+. The summed E-state index contributed by atoms with van der Waals surface area (Å²) in [5, 5.41) is 2.96. The SMILES string of the molecule is CNC/C(C)=C/c1cccc(OC(F)(F)F)c1. The Balaban J connectivity index is 2.83. The number of alkyl halides is 3. The Bertz CT molecular complexity index is 399. The molecule has 0 aliphatic rings. The van der Waals surface area contributed by atoms with Gasteiger partial charge in [-0.2, -0.15) is 0 Å². The molecule has 0 bridgehead atoms. The molecule has 0 heterocycles. The van der Waals surface area contributed by atoms with Gasteiger partial charge in [0.1, 0.15) is 5.75 Å². The maximum absolute atomic E-state index is 12.0. The van der Waals surface area contributed by atoms with E-state index in [-0.39, 0.29) is 5.75 Å². The molecule has 0 spiro atoms. The summed E-state index contributed by atoms with van der Waals surface area (Å²) >= 11 is 0. The van der Waals surface area contributed by atoms with Crippen LogP contribution in [0.25, 0.3) is 6.08 Å². The highest BCUT2D eigenvalue weighted by Gasteiger charge is 2.30. The van der Waals surface area contributed by atoms with Crippen LogP contribution in [0.2, 0.25) is 0 Å². The summed E-state index contributed by atoms with van der Waals surface area (Å²) in [6.07, 6.45) is -2.85. The Morgan fingerprint density at radius 1 is 1.41 bits per heavy atom. The molecule has 5 heteroatoms. The highest BCUT2D eigenvalue weighted by molar-refractivity contribution is 5.54. The average molecular weight is 245 g/mol. The number of hydrogen-bond donors (Lipinski definition) is 1. The highest BCUT2D eigenvalue weighted by Crippen LogP contribution is 2.23. The van der Waals surface area contributed by atoms with Crippen molar-refractivity contribution in [2.45, 2.75) is 13.3 Å². The molecule has 0 aliphatic carbocycles. The molecule has 0 fully saturated rings. The minimum absolute atomic E-state index is 0.205. The van der Waals surface area contributed by atoms with Gasteiger partial charge in [-0.1, -0.05) is 23.8 Å². The summed E-state index contributed by atoms with van der Waals surface area (Å²) in [5.74, 6) is -0.205. The van der Waals surface area contributed by atoms with Crippen molar-refractivity contribution in [1.29, 1.82) is 0 Å². The highest BCUT2D eigenvalue weighted by atomic mass is 19.4. The first-order valence-electron chi connectivity index (χ1n) is 5.08. The van der Waals surface area contributed by atoms with E-state index >= 15 is 0 Å². The van der Waals surface area contributed by atoms with Gasteiger partial charge >= 0.3 is 6.36 Å². The number of rotatable bonds is 4. The van der Waals surface area contributed by atoms with Crippen molar-refractivity contribution >= 4 is 6.08 Å². The van der Waals surface area contributed by atoms with Crippen LogP contribution in [-0.4, -0.2) is 20.0 Å². The van der Waals surface area contributed by atoms with Gasteiger partial charge in [-0.3, -0.25) is 0 Å². The normalized spacial score (nSPS) is 12.6. The Labute approximate surface area is 98.1 Å². The number of hydrogen-bond acceptors (Lipinski definition) is 2. The van der Waals surface area contributed by atoms with Gasteiger partial charge in [-0.05, 0) is 31.7 Å². The van der Waals surface area contributed by atoms with E-state index in [1.165, 1.54) is 18.2 Å². The molecule has 1 N–H and O–H groups in total. The van der Waals surface area contributed by atoms with E-state index in [1.54, 1.807) is 19.2 Å². The topological polar surface area (TPSA) is 21.3 Å². The van der Waals surface area contributed by atoms with E-state index in [4.69, 9.17) is 0 Å². The zero-order valence-electron chi connectivity index (χ0n) is 9.64. The van der Waals surface area contributed by atoms with Crippen LogP contribution in [0.4, 0.5) is 13.2 Å². The summed E-state index contributed by atoms with van der Waals surface area (Å²) in [6, 6.07) is 5.88. The Hall–Kier alpha value is -1.49. The zero-order chi connectivity index (χ0) is 12.9. The average Bonchev–Trinajstić information content (AvgIpc) is 2.15. The van der Waals surface area contributed by atoms with Gasteiger partial charge in [0.2, 0.25) is 0 Å². The quantitative estimate of drug-likeness (QED) is 0.879. The summed E-state index contributed by atoms with van der Waals surface area (Å²) in [4.78, 5) is 0. The second-order valence-corrected chi connectivity index (χ2v) is 3.64. The molecule has 1 rings (SSSR count). The molecule has 1 aromatic carbocycles. The molecule has 0 aliphatic heterocycles. The van der Waals surface area contributed by atoms with Gasteiger partial charge in [0.05, 0.1) is 0 Å². The Morgan fingerprint density at radius 2 is 2.12 bits per heavy atom. The van der Waals surface area contributed by atoms with Crippen molar-refractivity contribution in [2.75, 3.05) is 13.6 Å². The summed E-state index contributed by atoms with van der Waals surface area (Å²) in [6.45, 7) is 2.58. The van der Waals surface area contributed by atoms with Crippen LogP contribution >= 0.6 is 0 Å². The van der Waals surface area contributed by atoms with Gasteiger partial charge in [0, 0.05) is 6.54 Å². The van der Waals surface area contributed by atoms with Gasteiger partial charge in [-0.25, -0.2) is 0 Å². The first-order chi connectivity index (χ1) is 7.90. The fraction of sp³-hybridized carbons (Fsp3) is 0.333. The molecular weight excluding hydrogens is 231 g/mol. The summed E-state index contributed by atoms with van der Waals surface area (Å²) in [7, 11) is 1.81. The molecule has 0 radical (unpaired) electrons. The molecule has 0 unspecified atom stereocenters. The van der Waals surface area contributed by atoms with Crippen LogP contribution in [0.5, 0.6) is 5.75 Å². The Morgan fingerprint density at radius 3 is 2.71 bits per heavy atom. The van der Waals surface area contributed by atoms with Crippen molar-refractivity contribution < 1.29 is 17.9 Å². The van der Waals surface area contributed by atoms with Crippen LogP contribution in [0, 0.1) is 0 Å². The molecule has 17 heavy (non-hydrogen) atoms. The lowest BCUT2D eigenvalue weighted by atomic mass is 10.1. The lowest BCUT2D eigenvalue weighted by Gasteiger charge is -2.09. The molecule has 2 nitrogen and oxygen atoms in total. The minimum Gasteiger partial charge on any atom is -0.406 e. The van der Waals surface area contributed by atoms with Crippen molar-refractivity contribution in [3.05, 3.63) is 35.4 Å². The molecule has 0 saturated carbocycles. The molecule has 0 saturated heterocycles. The number of nitrogens with one attached hydrogen (secondary N) is 1. The van der Waals surface area contributed by atoms with Crippen molar-refractivity contribution in [3.63, 3.8) is 0 Å². The largest absolute Gasteiger partial charge is 0.573 e. The van der Waals surface area contributed by atoms with Crippen LogP contribution in [0.15, 0.2) is 29.8 Å². The predicted molar refractivity (Wildman–Crippen MR) is 60.7 cm³/mol. The number of benzene rings is 1. The molecule has 94 valence electrons. The third-order valence-electron chi connectivity index (χ3n) is 1.96. The lowest BCUT2D eigenvalue weighted by molar-refractivity contribution is -0.274. The van der Waals surface area contributed by atoms with Gasteiger partial charge < -0.3 is 10.1 Å². The lowest BCUT2D eigenvalue weighted by Crippen LogP contribution is -2.17. The third-order valence-corrected chi connectivity index (χ3v) is 1.96. The van der Waals surface area contributed by atoms with Crippen molar-refractivity contribution in [1.82, 2.24) is 5.32 Å². The molecule has 0 atom stereocenters. The van der Waals surface area contributed by atoms with Gasteiger partial charge in [0.15, 0.2) is 0 Å². The van der Waals surface area contributed by atoms with Crippen LogP contribution in [0.1, 0.15) is 12.5 Å². The fourth-order valence-electron chi connectivity index (χ4n) is 1.42. The smallest absolute Gasteiger partial charge is 0.406 e. The van der Waals surface area contributed by atoms with Crippen LogP contribution in [-0.2, 0) is 0 Å². The van der Waals surface area contributed by atoms with Crippen molar-refractivity contribution in [3.8, 4) is 5.75 Å². The van der Waals surface area contributed by atoms with Crippen molar-refractivity contribution in [2.24, 2.45) is 0 Å². The predicted octanol–water partition coefficient (Wildman–Crippen LogP) is 3.21. The monoisotopic (exact) mass is 245 g/mol. The second kappa shape index (κ2) is 5.72. The van der Waals surface area contributed by atoms with E-state index < -0.39 is 6.36 Å². The van der Waals surface area contributed by atoms with Crippen LogP contribution in [0.3, 0.4) is 0 Å². The van der Waals surface area contributed by atoms with E-state index in [2.05, 4.69) is 10.1 Å². The van der Waals surface area contributed by atoms with Gasteiger partial charge in [-0.15, -0.1) is 13.2 Å². The van der Waals surface area contributed by atoms with E-state index in [9.17, 15) is 13.2 Å². The molecule has 0 aromatic heterocycles. The summed E-state index contributed by atoms with van der Waals surface area (Å²) in [5.41, 5.74) is 1.70. The molecule has 0 amide bonds. The minimum atomic E-state index is -4.65. The van der Waals surface area contributed by atoms with E-state index in [0.29, 0.717) is 12.1 Å². The maximum atomic E-state index is 12.0. The first kappa shape index (κ1) is 13.6. The number of likely N-dealkylation sites (N-methyl/N-ethyl adjacent to an activating group) is 1. The number of ether oxygens (including phenoxy) is 1. The van der Waals surface area contributed by atoms with Crippen LogP contribution < -0.4 is 10.1 Å².